The summed E-state index contributed by atoms with van der Waals surface area (Å²) in [6.07, 6.45) is -5.58. The van der Waals surface area contributed by atoms with Gasteiger partial charge in [0.25, 0.3) is 0 Å². The smallest absolute Gasteiger partial charge is 0.386 e. The summed E-state index contributed by atoms with van der Waals surface area (Å²) in [5.41, 5.74) is 12.7. The molecule has 7 rings (SSSR count). The molecule has 3 aliphatic rings. The third kappa shape index (κ3) is 5.27. The number of rotatable bonds is 2. The molecular formula is C20H24N10O10P2S2. The highest BCUT2D eigenvalue weighted by molar-refractivity contribution is 8.44. The van der Waals surface area contributed by atoms with E-state index in [0.29, 0.717) is 0 Å². The molecule has 4 aromatic rings. The number of fused-ring (bicyclic) bond motifs is 5. The Balaban J connectivity index is 1.20. The highest BCUT2D eigenvalue weighted by atomic mass is 32.7. The van der Waals surface area contributed by atoms with Crippen molar-refractivity contribution in [3.63, 3.8) is 0 Å². The molecule has 6 N–H and O–H groups in total. The van der Waals surface area contributed by atoms with E-state index in [0.717, 1.165) is 0 Å². The van der Waals surface area contributed by atoms with Crippen LogP contribution in [0.1, 0.15) is 12.5 Å². The molecule has 7 heterocycles. The third-order valence-electron chi connectivity index (χ3n) is 7.26. The summed E-state index contributed by atoms with van der Waals surface area (Å²) >= 11 is 8.17. The molecule has 20 nitrogen and oxygen atoms in total. The molecule has 0 saturated carbocycles. The second-order valence-electron chi connectivity index (χ2n) is 9.95. The molecule has 0 radical (unpaired) electrons. The number of hydrogen-bond donors (Lipinski definition) is 6. The quantitative estimate of drug-likeness (QED) is 0.121. The van der Waals surface area contributed by atoms with Gasteiger partial charge in [0.15, 0.2) is 35.4 Å². The predicted molar refractivity (Wildman–Crippen MR) is 154 cm³/mol. The number of hydrogen-bond acceptors (Lipinski definition) is 18. The van der Waals surface area contributed by atoms with Crippen LogP contribution in [0.25, 0.3) is 22.3 Å². The molecule has 2 bridgehead atoms. The van der Waals surface area contributed by atoms with Crippen molar-refractivity contribution in [3.8, 4) is 0 Å². The summed E-state index contributed by atoms with van der Waals surface area (Å²) in [5.74, 6) is 0.191. The first-order valence-electron chi connectivity index (χ1n) is 12.8. The largest absolute Gasteiger partial charge is 0.387 e. The molecule has 0 unspecified atom stereocenters. The first kappa shape index (κ1) is 30.2. The molecule has 3 aliphatic heterocycles. The maximum atomic E-state index is 13.5. The van der Waals surface area contributed by atoms with Crippen LogP contribution in [0, 0.1) is 0 Å². The van der Waals surface area contributed by atoms with E-state index in [4.69, 9.17) is 39.0 Å². The van der Waals surface area contributed by atoms with E-state index in [9.17, 15) is 19.3 Å². The third-order valence-corrected chi connectivity index (χ3v) is 10.5. The maximum Gasteiger partial charge on any atom is 0.386 e. The zero-order chi connectivity index (χ0) is 31.0. The van der Waals surface area contributed by atoms with Crippen LogP contribution in [-0.4, -0.2) is 99.1 Å². The maximum absolute atomic E-state index is 13.5. The number of thiol groups is 2. The lowest BCUT2D eigenvalue weighted by molar-refractivity contribution is -0.0575. The summed E-state index contributed by atoms with van der Waals surface area (Å²) in [7, 11) is 0. The number of ether oxygens (including phenoxy) is 2. The minimum atomic E-state index is -4.31. The van der Waals surface area contributed by atoms with Crippen molar-refractivity contribution in [3.05, 3.63) is 25.3 Å². The SMILES string of the molecule is Nc1ncnc2c1ncn2[C@@H]1O[C@@H]2CO[P@](=O)(S)O[C@@H]3[C@H](O)[C@@H](CO[P@@](=O)(S)O[C@H]2[C@H]1O)O[C@H]3n1cnc2c(N)ncnc21. The van der Waals surface area contributed by atoms with Gasteiger partial charge in [-0.2, -0.15) is 0 Å². The number of aliphatic hydroxyl groups is 2. The Morgan fingerprint density at radius 2 is 1.23 bits per heavy atom. The molecule has 0 aliphatic carbocycles. The van der Waals surface area contributed by atoms with E-state index < -0.39 is 75.9 Å². The molecule has 4 aromatic heterocycles. The summed E-state index contributed by atoms with van der Waals surface area (Å²) in [4.78, 5) is 24.5. The summed E-state index contributed by atoms with van der Waals surface area (Å²) in [6, 6.07) is 0. The summed E-state index contributed by atoms with van der Waals surface area (Å²) < 4.78 is 64.0. The van der Waals surface area contributed by atoms with E-state index in [1.807, 2.05) is 0 Å². The molecule has 0 amide bonds. The van der Waals surface area contributed by atoms with Crippen molar-refractivity contribution in [1.82, 2.24) is 39.0 Å². The number of nitrogens with two attached hydrogens (primary N) is 2. The van der Waals surface area contributed by atoms with E-state index >= 15 is 0 Å². The van der Waals surface area contributed by atoms with Gasteiger partial charge in [0.1, 0.15) is 60.3 Å². The Labute approximate surface area is 256 Å². The van der Waals surface area contributed by atoms with Crippen LogP contribution in [0.4, 0.5) is 11.6 Å². The molecule has 24 heteroatoms. The van der Waals surface area contributed by atoms with Gasteiger partial charge in [-0.15, -0.1) is 0 Å². The first-order valence-corrected chi connectivity index (χ1v) is 18.2. The number of aliphatic hydroxyl groups excluding tert-OH is 2. The lowest BCUT2D eigenvalue weighted by Gasteiger charge is -2.26. The van der Waals surface area contributed by atoms with Crippen molar-refractivity contribution in [1.29, 1.82) is 0 Å². The lowest BCUT2D eigenvalue weighted by atomic mass is 10.1. The van der Waals surface area contributed by atoms with Crippen molar-refractivity contribution in [2.45, 2.75) is 49.1 Å². The highest BCUT2D eigenvalue weighted by Gasteiger charge is 2.53. The Morgan fingerprint density at radius 3 is 1.82 bits per heavy atom. The van der Waals surface area contributed by atoms with Gasteiger partial charge in [-0.1, -0.05) is 24.5 Å². The number of anilines is 2. The average Bonchev–Trinajstić information content (AvgIpc) is 3.73. The minimum Gasteiger partial charge on any atom is -0.387 e. The fourth-order valence-electron chi connectivity index (χ4n) is 5.22. The Hall–Kier alpha value is -2.46. The van der Waals surface area contributed by atoms with Gasteiger partial charge in [-0.25, -0.2) is 39.0 Å². The van der Waals surface area contributed by atoms with Crippen LogP contribution in [0.15, 0.2) is 25.3 Å². The normalized spacial score (nSPS) is 38.3. The molecule has 0 spiro atoms. The van der Waals surface area contributed by atoms with Crippen LogP contribution in [-0.2, 0) is 36.7 Å². The molecular weight excluding hydrogens is 666 g/mol. The second kappa shape index (κ2) is 11.1. The monoisotopic (exact) mass is 690 g/mol. The first-order chi connectivity index (χ1) is 20.9. The zero-order valence-electron chi connectivity index (χ0n) is 22.0. The van der Waals surface area contributed by atoms with Gasteiger partial charge in [-0.05, 0) is 0 Å². The van der Waals surface area contributed by atoms with Gasteiger partial charge in [-0.3, -0.25) is 27.2 Å². The molecule has 3 fully saturated rings. The molecule has 0 aromatic carbocycles. The number of nitrogen functional groups attached to an aromatic ring is 2. The van der Waals surface area contributed by atoms with Gasteiger partial charge in [0.05, 0.1) is 25.9 Å². The highest BCUT2D eigenvalue weighted by Crippen LogP contribution is 2.60. The number of aromatic nitrogens is 8. The van der Waals surface area contributed by atoms with Gasteiger partial charge >= 0.3 is 13.6 Å². The average molecular weight is 691 g/mol. The predicted octanol–water partition coefficient (Wildman–Crippen LogP) is 0.240. The van der Waals surface area contributed by atoms with E-state index in [2.05, 4.69) is 54.4 Å². The topological polar surface area (TPSA) is 269 Å². The Bertz CT molecular complexity index is 1830. The van der Waals surface area contributed by atoms with Crippen molar-refractivity contribution >= 4 is 72.1 Å². The van der Waals surface area contributed by atoms with E-state index in [-0.39, 0.29) is 34.0 Å². The van der Waals surface area contributed by atoms with Crippen LogP contribution in [0.5, 0.6) is 0 Å². The molecule has 44 heavy (non-hydrogen) atoms. The number of nitrogens with zero attached hydrogens (tertiary/aromatic N) is 8. The van der Waals surface area contributed by atoms with Crippen molar-refractivity contribution < 1.29 is 46.9 Å². The van der Waals surface area contributed by atoms with Gasteiger partial charge in [0, 0.05) is 0 Å². The van der Waals surface area contributed by atoms with E-state index in [1.54, 1.807) is 0 Å². The van der Waals surface area contributed by atoms with Gasteiger partial charge < -0.3 is 31.2 Å². The fourth-order valence-corrected chi connectivity index (χ4v) is 8.17. The summed E-state index contributed by atoms with van der Waals surface area (Å²) in [6.45, 7) is -9.67. The standard InChI is InChI=1S/C20H24N10O10P2S2/c21-15-9-17(25-3-23-15)29(5-27-9)19-12(32)13-8(38-19)2-36-42(34,44)40-14-11(31)7(1-35-41(33,43)39-13)37-20(14)30-6-28-10-16(22)24-4-26-18(10)30/h3-8,11-14,19-20,31-32H,1-2H2,(H,33,43)(H,34,44)(H2,21,23,25)(H2,22,24,26)/t7-,8-,11-,12-,13-,14-,19-,20-,41-,42+/m1/s1. The molecule has 3 saturated heterocycles. The summed E-state index contributed by atoms with van der Waals surface area (Å²) in [5, 5.41) is 22.4. The Morgan fingerprint density at radius 1 is 0.727 bits per heavy atom. The fraction of sp³-hybridized carbons (Fsp3) is 0.500. The minimum absolute atomic E-state index is 0.0920. The lowest BCUT2D eigenvalue weighted by Crippen LogP contribution is -2.35. The molecule has 10 atom stereocenters. The zero-order valence-corrected chi connectivity index (χ0v) is 25.6. The molecule has 236 valence electrons. The van der Waals surface area contributed by atoms with Crippen molar-refractivity contribution in [2.24, 2.45) is 0 Å². The second-order valence-corrected chi connectivity index (χ2v) is 15.7. The van der Waals surface area contributed by atoms with Gasteiger partial charge in [0.2, 0.25) is 0 Å². The number of imidazole rings is 2. The van der Waals surface area contributed by atoms with Crippen LogP contribution in [0.3, 0.4) is 0 Å². The van der Waals surface area contributed by atoms with Crippen LogP contribution in [0.2, 0.25) is 0 Å². The van der Waals surface area contributed by atoms with Crippen LogP contribution >= 0.6 is 38.1 Å². The van der Waals surface area contributed by atoms with Crippen molar-refractivity contribution in [2.75, 3.05) is 24.7 Å². The Kier molecular flexibility index (Phi) is 7.63. The van der Waals surface area contributed by atoms with Crippen LogP contribution < -0.4 is 11.5 Å². The van der Waals surface area contributed by atoms with E-state index in [1.165, 1.54) is 34.4 Å².